The monoisotopic (exact) mass is 263 g/mol. The number of hydrogen-bond donors (Lipinski definition) is 1. The molecule has 0 unspecified atom stereocenters. The SMILES string of the molecule is O=[N+]([O-])c1cc(F)cc(COc2ccccc2O)c1. The maximum absolute atomic E-state index is 13.2. The smallest absolute Gasteiger partial charge is 0.272 e. The van der Waals surface area contributed by atoms with Gasteiger partial charge in [-0.25, -0.2) is 4.39 Å². The van der Waals surface area contributed by atoms with Crippen LogP contribution in [0.25, 0.3) is 0 Å². The zero-order chi connectivity index (χ0) is 13.8. The van der Waals surface area contributed by atoms with Crippen LogP contribution in [0, 0.1) is 15.9 Å². The minimum Gasteiger partial charge on any atom is -0.504 e. The third-order valence-electron chi connectivity index (χ3n) is 2.41. The van der Waals surface area contributed by atoms with Crippen LogP contribution in [-0.4, -0.2) is 10.0 Å². The lowest BCUT2D eigenvalue weighted by molar-refractivity contribution is -0.385. The van der Waals surface area contributed by atoms with Gasteiger partial charge >= 0.3 is 0 Å². The van der Waals surface area contributed by atoms with Crippen LogP contribution in [0.5, 0.6) is 11.5 Å². The molecule has 19 heavy (non-hydrogen) atoms. The maximum atomic E-state index is 13.2. The second-order valence-corrected chi connectivity index (χ2v) is 3.83. The van der Waals surface area contributed by atoms with Crippen LogP contribution in [0.3, 0.4) is 0 Å². The first-order valence-corrected chi connectivity index (χ1v) is 5.41. The molecule has 2 rings (SSSR count). The van der Waals surface area contributed by atoms with E-state index in [-0.39, 0.29) is 23.8 Å². The molecule has 0 amide bonds. The average molecular weight is 263 g/mol. The van der Waals surface area contributed by atoms with Gasteiger partial charge in [-0.15, -0.1) is 0 Å². The lowest BCUT2D eigenvalue weighted by Crippen LogP contribution is -1.98. The average Bonchev–Trinajstić information content (AvgIpc) is 2.37. The molecule has 0 bridgehead atoms. The summed E-state index contributed by atoms with van der Waals surface area (Å²) in [7, 11) is 0. The number of aromatic hydroxyl groups is 1. The number of para-hydroxylation sites is 2. The first kappa shape index (κ1) is 12.8. The standard InChI is InChI=1S/C13H10FNO4/c14-10-5-9(6-11(7-10)15(17)18)8-19-13-4-2-1-3-12(13)16/h1-7,16H,8H2. The number of phenolic OH excluding ortho intramolecular Hbond substituents is 1. The van der Waals surface area contributed by atoms with Crippen molar-refractivity contribution in [2.75, 3.05) is 0 Å². The van der Waals surface area contributed by atoms with Crippen molar-refractivity contribution in [2.45, 2.75) is 6.61 Å². The number of hydrogen-bond acceptors (Lipinski definition) is 4. The first-order chi connectivity index (χ1) is 9.06. The molecule has 0 saturated carbocycles. The van der Waals surface area contributed by atoms with Gasteiger partial charge < -0.3 is 9.84 Å². The third kappa shape index (κ3) is 3.19. The molecule has 0 saturated heterocycles. The highest BCUT2D eigenvalue weighted by molar-refractivity contribution is 5.39. The van der Waals surface area contributed by atoms with Gasteiger partial charge in [0.05, 0.1) is 11.0 Å². The van der Waals surface area contributed by atoms with Crippen LogP contribution in [0.15, 0.2) is 42.5 Å². The Morgan fingerprint density at radius 2 is 2.00 bits per heavy atom. The van der Waals surface area contributed by atoms with Crippen molar-refractivity contribution in [3.05, 3.63) is 64.0 Å². The van der Waals surface area contributed by atoms with Crippen molar-refractivity contribution in [1.29, 1.82) is 0 Å². The van der Waals surface area contributed by atoms with E-state index in [0.717, 1.165) is 12.1 Å². The summed E-state index contributed by atoms with van der Waals surface area (Å²) in [4.78, 5) is 9.92. The molecule has 0 fully saturated rings. The highest BCUT2D eigenvalue weighted by Gasteiger charge is 2.10. The van der Waals surface area contributed by atoms with E-state index >= 15 is 0 Å². The number of phenols is 1. The van der Waals surface area contributed by atoms with Crippen molar-refractivity contribution >= 4 is 5.69 Å². The molecule has 0 aliphatic carbocycles. The van der Waals surface area contributed by atoms with Crippen molar-refractivity contribution < 1.29 is 19.2 Å². The molecule has 98 valence electrons. The Labute approximate surface area is 108 Å². The molecular formula is C13H10FNO4. The van der Waals surface area contributed by atoms with Gasteiger partial charge in [0.2, 0.25) is 0 Å². The molecule has 6 heteroatoms. The first-order valence-electron chi connectivity index (χ1n) is 5.41. The van der Waals surface area contributed by atoms with E-state index in [1.165, 1.54) is 12.1 Å². The predicted octanol–water partition coefficient (Wildman–Crippen LogP) is 3.02. The van der Waals surface area contributed by atoms with Gasteiger partial charge in [0, 0.05) is 6.07 Å². The van der Waals surface area contributed by atoms with E-state index < -0.39 is 10.7 Å². The maximum Gasteiger partial charge on any atom is 0.272 e. The van der Waals surface area contributed by atoms with E-state index in [0.29, 0.717) is 5.56 Å². The van der Waals surface area contributed by atoms with Crippen LogP contribution < -0.4 is 4.74 Å². The van der Waals surface area contributed by atoms with Gasteiger partial charge in [-0.1, -0.05) is 12.1 Å². The zero-order valence-corrected chi connectivity index (χ0v) is 9.75. The Morgan fingerprint density at radius 1 is 1.26 bits per heavy atom. The number of nitro benzene ring substituents is 1. The second kappa shape index (κ2) is 5.34. The number of nitrogens with zero attached hydrogens (tertiary/aromatic N) is 1. The number of ether oxygens (including phenoxy) is 1. The highest BCUT2D eigenvalue weighted by atomic mass is 19.1. The quantitative estimate of drug-likeness (QED) is 0.679. The van der Waals surface area contributed by atoms with Gasteiger partial charge in [0.25, 0.3) is 5.69 Å². The Morgan fingerprint density at radius 3 is 2.68 bits per heavy atom. The Bertz CT molecular complexity index is 615. The van der Waals surface area contributed by atoms with Gasteiger partial charge in [-0.3, -0.25) is 10.1 Å². The van der Waals surface area contributed by atoms with Gasteiger partial charge in [-0.05, 0) is 23.8 Å². The van der Waals surface area contributed by atoms with Crippen LogP contribution in [0.1, 0.15) is 5.56 Å². The fourth-order valence-corrected chi connectivity index (χ4v) is 1.56. The van der Waals surface area contributed by atoms with Gasteiger partial charge in [-0.2, -0.15) is 0 Å². The van der Waals surface area contributed by atoms with Gasteiger partial charge in [0.1, 0.15) is 12.4 Å². The summed E-state index contributed by atoms with van der Waals surface area (Å²) in [6.45, 7) is -0.0732. The minimum atomic E-state index is -0.704. The van der Waals surface area contributed by atoms with Crippen LogP contribution in [0.4, 0.5) is 10.1 Å². The normalized spacial score (nSPS) is 10.2. The van der Waals surface area contributed by atoms with Crippen molar-refractivity contribution in [3.8, 4) is 11.5 Å². The van der Waals surface area contributed by atoms with Crippen LogP contribution >= 0.6 is 0 Å². The van der Waals surface area contributed by atoms with Crippen molar-refractivity contribution in [1.82, 2.24) is 0 Å². The Hall–Kier alpha value is -2.63. The molecule has 1 N–H and O–H groups in total. The van der Waals surface area contributed by atoms with Crippen molar-refractivity contribution in [3.63, 3.8) is 0 Å². The summed E-state index contributed by atoms with van der Waals surface area (Å²) in [6, 6.07) is 9.50. The Balaban J connectivity index is 2.16. The second-order valence-electron chi connectivity index (χ2n) is 3.83. The summed E-state index contributed by atoms with van der Waals surface area (Å²) in [5.41, 5.74) is -0.0224. The van der Waals surface area contributed by atoms with Crippen LogP contribution in [0.2, 0.25) is 0 Å². The molecule has 0 radical (unpaired) electrons. The molecule has 0 heterocycles. The minimum absolute atomic E-state index is 0.0478. The zero-order valence-electron chi connectivity index (χ0n) is 9.75. The molecule has 0 spiro atoms. The fraction of sp³-hybridized carbons (Fsp3) is 0.0769. The molecule has 2 aromatic carbocycles. The number of benzene rings is 2. The summed E-state index contributed by atoms with van der Waals surface area (Å²) in [5, 5.41) is 20.1. The number of halogens is 1. The Kier molecular flexibility index (Phi) is 3.61. The van der Waals surface area contributed by atoms with E-state index in [9.17, 15) is 19.6 Å². The van der Waals surface area contributed by atoms with E-state index in [1.54, 1.807) is 18.2 Å². The largest absolute Gasteiger partial charge is 0.504 e. The highest BCUT2D eigenvalue weighted by Crippen LogP contribution is 2.26. The van der Waals surface area contributed by atoms with E-state index in [4.69, 9.17) is 4.74 Å². The summed E-state index contributed by atoms with van der Waals surface area (Å²) >= 11 is 0. The summed E-state index contributed by atoms with van der Waals surface area (Å²) in [5.74, 6) is -0.520. The molecule has 0 atom stereocenters. The summed E-state index contributed by atoms with van der Waals surface area (Å²) in [6.07, 6.45) is 0. The molecule has 2 aromatic rings. The molecule has 5 nitrogen and oxygen atoms in total. The van der Waals surface area contributed by atoms with Crippen molar-refractivity contribution in [2.24, 2.45) is 0 Å². The lowest BCUT2D eigenvalue weighted by atomic mass is 10.2. The molecule has 0 aromatic heterocycles. The lowest BCUT2D eigenvalue weighted by Gasteiger charge is -2.07. The fourth-order valence-electron chi connectivity index (χ4n) is 1.56. The molecular weight excluding hydrogens is 253 g/mol. The number of rotatable bonds is 4. The number of non-ortho nitro benzene ring substituents is 1. The molecule has 0 aliphatic rings. The van der Waals surface area contributed by atoms with Crippen LogP contribution in [-0.2, 0) is 6.61 Å². The third-order valence-corrected chi connectivity index (χ3v) is 2.41. The van der Waals surface area contributed by atoms with Gasteiger partial charge in [0.15, 0.2) is 11.5 Å². The summed E-state index contributed by atoms with van der Waals surface area (Å²) < 4.78 is 18.5. The van der Waals surface area contributed by atoms with E-state index in [2.05, 4.69) is 0 Å². The predicted molar refractivity (Wildman–Crippen MR) is 65.5 cm³/mol. The number of nitro groups is 1. The van der Waals surface area contributed by atoms with E-state index in [1.807, 2.05) is 0 Å². The molecule has 0 aliphatic heterocycles. The topological polar surface area (TPSA) is 72.6 Å².